The highest BCUT2D eigenvalue weighted by Crippen LogP contribution is 2.36. The number of piperidine rings is 1. The maximum absolute atomic E-state index is 6.19. The molecule has 106 valence electrons. The lowest BCUT2D eigenvalue weighted by Crippen LogP contribution is -2.59. The average molecular weight is 279 g/mol. The molecule has 2 fully saturated rings. The molecule has 1 aromatic heterocycles. The fourth-order valence-electron chi connectivity index (χ4n) is 3.81. The Bertz CT molecular complexity index is 406. The van der Waals surface area contributed by atoms with Crippen molar-refractivity contribution in [1.29, 1.82) is 0 Å². The van der Waals surface area contributed by atoms with E-state index in [1.807, 2.05) is 11.3 Å². The van der Waals surface area contributed by atoms with Gasteiger partial charge in [0, 0.05) is 36.1 Å². The molecular formula is C15H25N3S. The zero-order chi connectivity index (χ0) is 13.3. The van der Waals surface area contributed by atoms with Crippen molar-refractivity contribution >= 4 is 11.3 Å². The Morgan fingerprint density at radius 2 is 2.42 bits per heavy atom. The summed E-state index contributed by atoms with van der Waals surface area (Å²) in [6.07, 6.45) is 5.22. The lowest BCUT2D eigenvalue weighted by Gasteiger charge is -2.49. The standard InChI is InChI=1S/C15H25N3S/c1-17(11-14-5-3-9-19-14)15(12-16)6-8-18-7-2-4-13(18)10-15/h3,5,9,13H,2,4,6-8,10-12,16H2,1H3. The molecule has 3 nitrogen and oxygen atoms in total. The van der Waals surface area contributed by atoms with E-state index >= 15 is 0 Å². The Morgan fingerprint density at radius 3 is 3.16 bits per heavy atom. The van der Waals surface area contributed by atoms with Gasteiger partial charge in [-0.2, -0.15) is 0 Å². The van der Waals surface area contributed by atoms with Crippen LogP contribution in [0.4, 0.5) is 0 Å². The van der Waals surface area contributed by atoms with Gasteiger partial charge in [0.15, 0.2) is 0 Å². The first-order valence-corrected chi connectivity index (χ1v) is 8.29. The van der Waals surface area contributed by atoms with Crippen LogP contribution in [0.5, 0.6) is 0 Å². The van der Waals surface area contributed by atoms with Crippen molar-refractivity contribution in [3.63, 3.8) is 0 Å². The van der Waals surface area contributed by atoms with E-state index in [0.717, 1.165) is 19.1 Å². The van der Waals surface area contributed by atoms with Gasteiger partial charge in [0.1, 0.15) is 0 Å². The number of hydrogen-bond donors (Lipinski definition) is 1. The monoisotopic (exact) mass is 279 g/mol. The van der Waals surface area contributed by atoms with Crippen LogP contribution in [-0.4, -0.2) is 48.1 Å². The molecule has 2 unspecified atom stereocenters. The highest BCUT2D eigenvalue weighted by molar-refractivity contribution is 7.09. The zero-order valence-corrected chi connectivity index (χ0v) is 12.7. The number of likely N-dealkylation sites (N-methyl/N-ethyl adjacent to an activating group) is 1. The minimum Gasteiger partial charge on any atom is -0.329 e. The molecule has 0 aromatic carbocycles. The molecule has 2 aliphatic rings. The summed E-state index contributed by atoms with van der Waals surface area (Å²) in [6.45, 7) is 4.37. The molecule has 0 aliphatic carbocycles. The summed E-state index contributed by atoms with van der Waals surface area (Å²) in [5.74, 6) is 0. The molecule has 2 atom stereocenters. The van der Waals surface area contributed by atoms with Gasteiger partial charge in [-0.15, -0.1) is 11.3 Å². The van der Waals surface area contributed by atoms with Gasteiger partial charge in [0.05, 0.1) is 0 Å². The molecule has 2 saturated heterocycles. The van der Waals surface area contributed by atoms with Gasteiger partial charge in [-0.25, -0.2) is 0 Å². The summed E-state index contributed by atoms with van der Waals surface area (Å²) >= 11 is 1.85. The number of nitrogens with two attached hydrogens (primary N) is 1. The van der Waals surface area contributed by atoms with Crippen molar-refractivity contribution in [3.8, 4) is 0 Å². The van der Waals surface area contributed by atoms with Crippen LogP contribution in [0.3, 0.4) is 0 Å². The van der Waals surface area contributed by atoms with Crippen molar-refractivity contribution in [1.82, 2.24) is 9.80 Å². The molecular weight excluding hydrogens is 254 g/mol. The molecule has 0 spiro atoms. The van der Waals surface area contributed by atoms with Crippen molar-refractivity contribution in [2.24, 2.45) is 5.73 Å². The van der Waals surface area contributed by atoms with Gasteiger partial charge in [0.2, 0.25) is 0 Å². The molecule has 4 heteroatoms. The summed E-state index contributed by atoms with van der Waals surface area (Å²) < 4.78 is 0. The largest absolute Gasteiger partial charge is 0.329 e. The lowest BCUT2D eigenvalue weighted by molar-refractivity contribution is 0.0226. The number of nitrogens with zero attached hydrogens (tertiary/aromatic N) is 2. The lowest BCUT2D eigenvalue weighted by atomic mass is 9.82. The smallest absolute Gasteiger partial charge is 0.0359 e. The number of thiophene rings is 1. The number of hydrogen-bond acceptors (Lipinski definition) is 4. The van der Waals surface area contributed by atoms with Gasteiger partial charge in [-0.05, 0) is 50.7 Å². The van der Waals surface area contributed by atoms with Gasteiger partial charge in [-0.1, -0.05) is 6.07 Å². The molecule has 0 saturated carbocycles. The van der Waals surface area contributed by atoms with Crippen LogP contribution in [0.2, 0.25) is 0 Å². The minimum absolute atomic E-state index is 0.218. The van der Waals surface area contributed by atoms with Crippen molar-refractivity contribution in [2.45, 2.75) is 43.8 Å². The first-order valence-electron chi connectivity index (χ1n) is 7.41. The molecule has 0 bridgehead atoms. The summed E-state index contributed by atoms with van der Waals surface area (Å²) in [6, 6.07) is 5.15. The van der Waals surface area contributed by atoms with E-state index in [-0.39, 0.29) is 5.54 Å². The minimum atomic E-state index is 0.218. The van der Waals surface area contributed by atoms with Crippen LogP contribution in [0, 0.1) is 0 Å². The highest BCUT2D eigenvalue weighted by Gasteiger charge is 2.43. The predicted molar refractivity (Wildman–Crippen MR) is 81.4 cm³/mol. The van der Waals surface area contributed by atoms with Crippen LogP contribution >= 0.6 is 11.3 Å². The van der Waals surface area contributed by atoms with E-state index in [2.05, 4.69) is 34.4 Å². The Balaban J connectivity index is 1.71. The fraction of sp³-hybridized carbons (Fsp3) is 0.733. The summed E-state index contributed by atoms with van der Waals surface area (Å²) in [5, 5.41) is 2.16. The molecule has 19 heavy (non-hydrogen) atoms. The maximum atomic E-state index is 6.19. The summed E-state index contributed by atoms with van der Waals surface area (Å²) in [4.78, 5) is 6.64. The summed E-state index contributed by atoms with van der Waals surface area (Å²) in [7, 11) is 2.26. The molecule has 3 rings (SSSR count). The first kappa shape index (κ1) is 13.6. The topological polar surface area (TPSA) is 32.5 Å². The Kier molecular flexibility index (Phi) is 3.94. The molecule has 2 aliphatic heterocycles. The second-order valence-electron chi connectivity index (χ2n) is 6.15. The van der Waals surface area contributed by atoms with E-state index in [0.29, 0.717) is 0 Å². The molecule has 0 radical (unpaired) electrons. The Labute approximate surface area is 120 Å². The Hall–Kier alpha value is -0.420. The fourth-order valence-corrected chi connectivity index (χ4v) is 4.56. The van der Waals surface area contributed by atoms with Crippen LogP contribution in [0.15, 0.2) is 17.5 Å². The third kappa shape index (κ3) is 2.59. The quantitative estimate of drug-likeness (QED) is 0.916. The van der Waals surface area contributed by atoms with E-state index < -0.39 is 0 Å². The number of rotatable bonds is 4. The third-order valence-corrected chi connectivity index (χ3v) is 6.00. The van der Waals surface area contributed by atoms with Gasteiger partial charge >= 0.3 is 0 Å². The molecule has 3 heterocycles. The van der Waals surface area contributed by atoms with Gasteiger partial charge in [0.25, 0.3) is 0 Å². The average Bonchev–Trinajstić information content (AvgIpc) is 3.08. The van der Waals surface area contributed by atoms with Crippen LogP contribution < -0.4 is 5.73 Å². The Morgan fingerprint density at radius 1 is 1.53 bits per heavy atom. The van der Waals surface area contributed by atoms with E-state index in [1.165, 1.54) is 43.6 Å². The van der Waals surface area contributed by atoms with E-state index in [9.17, 15) is 0 Å². The molecule has 1 aromatic rings. The normalized spacial score (nSPS) is 31.8. The van der Waals surface area contributed by atoms with E-state index in [4.69, 9.17) is 5.73 Å². The summed E-state index contributed by atoms with van der Waals surface area (Å²) in [5.41, 5.74) is 6.41. The first-order chi connectivity index (χ1) is 9.23. The van der Waals surface area contributed by atoms with Crippen LogP contribution in [0.1, 0.15) is 30.6 Å². The van der Waals surface area contributed by atoms with E-state index in [1.54, 1.807) is 0 Å². The third-order valence-electron chi connectivity index (χ3n) is 5.14. The van der Waals surface area contributed by atoms with Crippen molar-refractivity contribution < 1.29 is 0 Å². The number of fused-ring (bicyclic) bond motifs is 1. The maximum Gasteiger partial charge on any atom is 0.0359 e. The highest BCUT2D eigenvalue weighted by atomic mass is 32.1. The predicted octanol–water partition coefficient (Wildman–Crippen LogP) is 2.14. The molecule has 2 N–H and O–H groups in total. The van der Waals surface area contributed by atoms with Crippen molar-refractivity contribution in [3.05, 3.63) is 22.4 Å². The zero-order valence-electron chi connectivity index (χ0n) is 11.8. The second kappa shape index (κ2) is 5.52. The van der Waals surface area contributed by atoms with Gasteiger partial charge < -0.3 is 10.6 Å². The molecule has 0 amide bonds. The van der Waals surface area contributed by atoms with Crippen molar-refractivity contribution in [2.75, 3.05) is 26.7 Å². The van der Waals surface area contributed by atoms with Gasteiger partial charge in [-0.3, -0.25) is 4.90 Å². The SMILES string of the molecule is CN(Cc1cccs1)C1(CN)CCN2CCCC2C1. The second-order valence-corrected chi connectivity index (χ2v) is 7.18. The van der Waals surface area contributed by atoms with Crippen LogP contribution in [-0.2, 0) is 6.54 Å². The van der Waals surface area contributed by atoms with Crippen LogP contribution in [0.25, 0.3) is 0 Å².